The van der Waals surface area contributed by atoms with Crippen molar-refractivity contribution in [3.05, 3.63) is 34.1 Å². The van der Waals surface area contributed by atoms with E-state index >= 15 is 0 Å². The van der Waals surface area contributed by atoms with Crippen LogP contribution in [0, 0.1) is 5.82 Å². The summed E-state index contributed by atoms with van der Waals surface area (Å²) in [6.45, 7) is 2.10. The summed E-state index contributed by atoms with van der Waals surface area (Å²) < 4.78 is 14.7. The lowest BCUT2D eigenvalue weighted by Gasteiger charge is -2.25. The predicted octanol–water partition coefficient (Wildman–Crippen LogP) is 3.36. The molecule has 0 heterocycles. The van der Waals surface area contributed by atoms with Gasteiger partial charge in [-0.1, -0.05) is 22.9 Å². The molecule has 2 rings (SSSR count). The minimum atomic E-state index is -0.116. The predicted molar refractivity (Wildman–Crippen MR) is 63.3 cm³/mol. The second-order valence-corrected chi connectivity index (χ2v) is 5.60. The molecule has 0 saturated heterocycles. The Balaban J connectivity index is 2.40. The molecule has 1 saturated carbocycles. The lowest BCUT2D eigenvalue weighted by molar-refractivity contribution is 0.450. The quantitative estimate of drug-likeness (QED) is 0.833. The van der Waals surface area contributed by atoms with Crippen molar-refractivity contribution in [3.8, 4) is 0 Å². The molecule has 0 radical (unpaired) electrons. The van der Waals surface area contributed by atoms with Crippen LogP contribution >= 0.6 is 15.9 Å². The fraction of sp³-hybridized carbons (Fsp3) is 0.500. The van der Waals surface area contributed by atoms with Crippen LogP contribution in [0.4, 0.5) is 4.39 Å². The fourth-order valence-electron chi connectivity index (χ4n) is 2.49. The normalized spacial score (nSPS) is 30.8. The van der Waals surface area contributed by atoms with E-state index in [2.05, 4.69) is 22.9 Å². The van der Waals surface area contributed by atoms with E-state index in [0.29, 0.717) is 0 Å². The van der Waals surface area contributed by atoms with Crippen LogP contribution in [-0.4, -0.2) is 6.04 Å². The van der Waals surface area contributed by atoms with E-state index in [0.717, 1.165) is 29.3 Å². The Morgan fingerprint density at radius 1 is 1.53 bits per heavy atom. The molecule has 0 amide bonds. The Labute approximate surface area is 98.0 Å². The van der Waals surface area contributed by atoms with Gasteiger partial charge in [0.15, 0.2) is 0 Å². The van der Waals surface area contributed by atoms with Crippen LogP contribution in [0.25, 0.3) is 0 Å². The SMILES string of the molecule is CC1(c2cc(Br)ccc2F)CCC(N)C1. The fourth-order valence-corrected chi connectivity index (χ4v) is 2.85. The summed E-state index contributed by atoms with van der Waals surface area (Å²) in [5.74, 6) is -0.116. The molecule has 0 bridgehead atoms. The highest BCUT2D eigenvalue weighted by Gasteiger charge is 2.36. The maximum atomic E-state index is 13.7. The molecular formula is C12H15BrFN. The monoisotopic (exact) mass is 271 g/mol. The molecule has 1 aliphatic carbocycles. The van der Waals surface area contributed by atoms with E-state index in [-0.39, 0.29) is 17.3 Å². The standard InChI is InChI=1S/C12H15BrFN/c1-12(5-4-9(15)7-12)10-6-8(13)2-3-11(10)14/h2-3,6,9H,4-5,7,15H2,1H3. The summed E-state index contributed by atoms with van der Waals surface area (Å²) in [5, 5.41) is 0. The van der Waals surface area contributed by atoms with Gasteiger partial charge in [0, 0.05) is 10.5 Å². The van der Waals surface area contributed by atoms with Crippen LogP contribution in [0.2, 0.25) is 0 Å². The van der Waals surface area contributed by atoms with Crippen molar-refractivity contribution in [3.63, 3.8) is 0 Å². The number of rotatable bonds is 1. The Morgan fingerprint density at radius 2 is 2.27 bits per heavy atom. The molecule has 15 heavy (non-hydrogen) atoms. The Hall–Kier alpha value is -0.410. The van der Waals surface area contributed by atoms with Gasteiger partial charge in [0.1, 0.15) is 5.82 Å². The van der Waals surface area contributed by atoms with Crippen molar-refractivity contribution in [1.29, 1.82) is 0 Å². The average molecular weight is 272 g/mol. The van der Waals surface area contributed by atoms with Crippen LogP contribution in [0.1, 0.15) is 31.7 Å². The van der Waals surface area contributed by atoms with Gasteiger partial charge in [0.2, 0.25) is 0 Å². The van der Waals surface area contributed by atoms with E-state index in [1.807, 2.05) is 6.07 Å². The zero-order valence-corrected chi connectivity index (χ0v) is 10.3. The molecule has 0 aromatic heterocycles. The zero-order chi connectivity index (χ0) is 11.1. The van der Waals surface area contributed by atoms with Gasteiger partial charge in [-0.25, -0.2) is 4.39 Å². The number of halogens is 2. The van der Waals surface area contributed by atoms with Gasteiger partial charge < -0.3 is 5.73 Å². The molecule has 1 aromatic carbocycles. The van der Waals surface area contributed by atoms with Gasteiger partial charge in [-0.3, -0.25) is 0 Å². The first kappa shape index (κ1) is 11.1. The summed E-state index contributed by atoms with van der Waals surface area (Å²) >= 11 is 3.38. The number of hydrogen-bond donors (Lipinski definition) is 1. The van der Waals surface area contributed by atoms with Gasteiger partial charge in [-0.2, -0.15) is 0 Å². The molecule has 2 unspecified atom stereocenters. The lowest BCUT2D eigenvalue weighted by Crippen LogP contribution is -2.23. The summed E-state index contributed by atoms with van der Waals surface area (Å²) in [5.41, 5.74) is 6.61. The van der Waals surface area contributed by atoms with Crippen molar-refractivity contribution in [2.24, 2.45) is 5.73 Å². The maximum Gasteiger partial charge on any atom is 0.127 e. The van der Waals surface area contributed by atoms with Crippen LogP contribution in [0.3, 0.4) is 0 Å². The molecule has 1 fully saturated rings. The van der Waals surface area contributed by atoms with Gasteiger partial charge in [0.25, 0.3) is 0 Å². The zero-order valence-electron chi connectivity index (χ0n) is 8.76. The van der Waals surface area contributed by atoms with Crippen molar-refractivity contribution in [2.75, 3.05) is 0 Å². The Kier molecular flexibility index (Phi) is 2.86. The molecule has 1 nitrogen and oxygen atoms in total. The molecule has 2 atom stereocenters. The van der Waals surface area contributed by atoms with Gasteiger partial charge >= 0.3 is 0 Å². The maximum absolute atomic E-state index is 13.7. The largest absolute Gasteiger partial charge is 0.328 e. The first-order chi connectivity index (χ1) is 7.01. The third-order valence-corrected chi connectivity index (χ3v) is 3.85. The second-order valence-electron chi connectivity index (χ2n) is 4.69. The third-order valence-electron chi connectivity index (χ3n) is 3.36. The van der Waals surface area contributed by atoms with Crippen LogP contribution in [0.15, 0.2) is 22.7 Å². The van der Waals surface area contributed by atoms with Crippen molar-refractivity contribution >= 4 is 15.9 Å². The molecule has 1 aliphatic rings. The van der Waals surface area contributed by atoms with E-state index in [9.17, 15) is 4.39 Å². The van der Waals surface area contributed by atoms with Crippen LogP contribution < -0.4 is 5.73 Å². The van der Waals surface area contributed by atoms with E-state index in [4.69, 9.17) is 5.73 Å². The summed E-state index contributed by atoms with van der Waals surface area (Å²) in [6, 6.07) is 5.35. The number of hydrogen-bond acceptors (Lipinski definition) is 1. The van der Waals surface area contributed by atoms with E-state index < -0.39 is 0 Å². The smallest absolute Gasteiger partial charge is 0.127 e. The highest BCUT2D eigenvalue weighted by atomic mass is 79.9. The molecule has 3 heteroatoms. The molecule has 82 valence electrons. The summed E-state index contributed by atoms with van der Waals surface area (Å²) in [6.07, 6.45) is 2.84. The molecule has 0 aliphatic heterocycles. The van der Waals surface area contributed by atoms with Gasteiger partial charge in [0.05, 0.1) is 0 Å². The molecule has 2 N–H and O–H groups in total. The van der Waals surface area contributed by atoms with Gasteiger partial charge in [-0.05, 0) is 48.4 Å². The third kappa shape index (κ3) is 2.08. The van der Waals surface area contributed by atoms with E-state index in [1.165, 1.54) is 6.07 Å². The van der Waals surface area contributed by atoms with Crippen molar-refractivity contribution in [1.82, 2.24) is 0 Å². The first-order valence-electron chi connectivity index (χ1n) is 5.22. The van der Waals surface area contributed by atoms with Crippen molar-refractivity contribution < 1.29 is 4.39 Å². The topological polar surface area (TPSA) is 26.0 Å². The highest BCUT2D eigenvalue weighted by Crippen LogP contribution is 2.41. The minimum absolute atomic E-state index is 0.0900. The average Bonchev–Trinajstić information content (AvgIpc) is 2.52. The Bertz CT molecular complexity index is 380. The number of nitrogens with two attached hydrogens (primary N) is 1. The summed E-state index contributed by atoms with van der Waals surface area (Å²) in [7, 11) is 0. The molecule has 1 aromatic rings. The Morgan fingerprint density at radius 3 is 2.87 bits per heavy atom. The number of benzene rings is 1. The van der Waals surface area contributed by atoms with Crippen LogP contribution in [-0.2, 0) is 5.41 Å². The molecular weight excluding hydrogens is 257 g/mol. The van der Waals surface area contributed by atoms with Crippen LogP contribution in [0.5, 0.6) is 0 Å². The second kappa shape index (κ2) is 3.87. The van der Waals surface area contributed by atoms with E-state index in [1.54, 1.807) is 6.07 Å². The van der Waals surface area contributed by atoms with Gasteiger partial charge in [-0.15, -0.1) is 0 Å². The first-order valence-corrected chi connectivity index (χ1v) is 6.02. The molecule has 0 spiro atoms. The van der Waals surface area contributed by atoms with Crippen molar-refractivity contribution in [2.45, 2.75) is 37.6 Å². The lowest BCUT2D eigenvalue weighted by atomic mass is 9.80. The highest BCUT2D eigenvalue weighted by molar-refractivity contribution is 9.10. The minimum Gasteiger partial charge on any atom is -0.328 e. The summed E-state index contributed by atoms with van der Waals surface area (Å²) in [4.78, 5) is 0.